The lowest BCUT2D eigenvalue weighted by Crippen LogP contribution is -2.34. The number of nitro groups is 1. The standard InChI is InChI=1S/C14H16N4O5/c1-14(2,3)23-13(20)17(4)10-6-9-8(5-11(10)18(21)22)12(19)16-7-15-9/h5-7H,1-4H3,(H,15,16,19). The molecule has 0 saturated heterocycles. The molecule has 0 aliphatic heterocycles. The SMILES string of the molecule is CN(C(=O)OC(C)(C)C)c1cc2nc[nH]c(=O)c2cc1[N+](=O)[O-]. The quantitative estimate of drug-likeness (QED) is 0.669. The molecule has 23 heavy (non-hydrogen) atoms. The number of fused-ring (bicyclic) bond motifs is 1. The number of hydrogen-bond acceptors (Lipinski definition) is 6. The molecule has 0 bridgehead atoms. The number of amides is 1. The Morgan fingerprint density at radius 2 is 2.04 bits per heavy atom. The molecule has 1 aromatic heterocycles. The first-order chi connectivity index (χ1) is 10.6. The van der Waals surface area contributed by atoms with Crippen LogP contribution in [0, 0.1) is 10.1 Å². The number of nitrogens with zero attached hydrogens (tertiary/aromatic N) is 3. The van der Waals surface area contributed by atoms with Gasteiger partial charge >= 0.3 is 6.09 Å². The summed E-state index contributed by atoms with van der Waals surface area (Å²) in [5.74, 6) is 0. The zero-order chi connectivity index (χ0) is 17.4. The number of aromatic nitrogens is 2. The lowest BCUT2D eigenvalue weighted by molar-refractivity contribution is -0.384. The highest BCUT2D eigenvalue weighted by molar-refractivity contribution is 5.95. The van der Waals surface area contributed by atoms with Gasteiger partial charge in [0.25, 0.3) is 11.2 Å². The predicted molar refractivity (Wildman–Crippen MR) is 83.7 cm³/mol. The third-order valence-corrected chi connectivity index (χ3v) is 2.96. The van der Waals surface area contributed by atoms with Gasteiger partial charge in [-0.25, -0.2) is 9.78 Å². The maximum Gasteiger partial charge on any atom is 0.414 e. The first-order valence-corrected chi connectivity index (χ1v) is 6.72. The maximum absolute atomic E-state index is 12.1. The van der Waals surface area contributed by atoms with Crippen molar-refractivity contribution >= 4 is 28.4 Å². The molecule has 122 valence electrons. The Kier molecular flexibility index (Phi) is 4.04. The number of rotatable bonds is 2. The van der Waals surface area contributed by atoms with Crippen molar-refractivity contribution in [2.45, 2.75) is 26.4 Å². The third-order valence-electron chi connectivity index (χ3n) is 2.96. The molecular weight excluding hydrogens is 304 g/mol. The minimum Gasteiger partial charge on any atom is -0.443 e. The Labute approximate surface area is 131 Å². The average molecular weight is 320 g/mol. The monoisotopic (exact) mass is 320 g/mol. The number of H-pyrrole nitrogens is 1. The molecule has 1 aromatic carbocycles. The van der Waals surface area contributed by atoms with E-state index in [1.165, 1.54) is 19.4 Å². The van der Waals surface area contributed by atoms with E-state index in [0.29, 0.717) is 0 Å². The Hall–Kier alpha value is -2.97. The van der Waals surface area contributed by atoms with Gasteiger partial charge in [-0.05, 0) is 26.8 Å². The fourth-order valence-corrected chi connectivity index (χ4v) is 1.94. The van der Waals surface area contributed by atoms with E-state index in [1.54, 1.807) is 20.8 Å². The summed E-state index contributed by atoms with van der Waals surface area (Å²) in [6.45, 7) is 5.07. The second kappa shape index (κ2) is 5.67. The number of carbonyl (C=O) groups is 1. The van der Waals surface area contributed by atoms with E-state index in [-0.39, 0.29) is 22.3 Å². The highest BCUT2D eigenvalue weighted by Gasteiger charge is 2.27. The lowest BCUT2D eigenvalue weighted by Gasteiger charge is -2.24. The van der Waals surface area contributed by atoms with E-state index in [4.69, 9.17) is 4.74 Å². The lowest BCUT2D eigenvalue weighted by atomic mass is 10.1. The minimum atomic E-state index is -0.746. The first-order valence-electron chi connectivity index (χ1n) is 6.72. The number of nitro benzene ring substituents is 1. The average Bonchev–Trinajstić information content (AvgIpc) is 2.43. The second-order valence-corrected chi connectivity index (χ2v) is 5.89. The Morgan fingerprint density at radius 1 is 1.39 bits per heavy atom. The number of carbonyl (C=O) groups excluding carboxylic acids is 1. The van der Waals surface area contributed by atoms with Crippen LogP contribution in [0.4, 0.5) is 16.2 Å². The highest BCUT2D eigenvalue weighted by Crippen LogP contribution is 2.31. The van der Waals surface area contributed by atoms with Gasteiger partial charge in [0.2, 0.25) is 0 Å². The molecule has 0 radical (unpaired) electrons. The van der Waals surface area contributed by atoms with E-state index in [0.717, 1.165) is 11.0 Å². The summed E-state index contributed by atoms with van der Waals surface area (Å²) < 4.78 is 5.20. The van der Waals surface area contributed by atoms with Crippen molar-refractivity contribution in [2.24, 2.45) is 0 Å². The van der Waals surface area contributed by atoms with Crippen molar-refractivity contribution in [3.8, 4) is 0 Å². The summed E-state index contributed by atoms with van der Waals surface area (Å²) in [5, 5.41) is 11.4. The van der Waals surface area contributed by atoms with Crippen LogP contribution in [-0.2, 0) is 4.74 Å². The Balaban J connectivity index is 2.59. The molecular formula is C14H16N4O5. The third kappa shape index (κ3) is 3.44. The van der Waals surface area contributed by atoms with Crippen LogP contribution < -0.4 is 10.5 Å². The van der Waals surface area contributed by atoms with Gasteiger partial charge in [0.1, 0.15) is 11.3 Å². The van der Waals surface area contributed by atoms with Crippen molar-refractivity contribution in [1.29, 1.82) is 0 Å². The number of hydrogen-bond donors (Lipinski definition) is 1. The fourth-order valence-electron chi connectivity index (χ4n) is 1.94. The van der Waals surface area contributed by atoms with Crippen LogP contribution in [0.2, 0.25) is 0 Å². The summed E-state index contributed by atoms with van der Waals surface area (Å²) in [7, 11) is 1.36. The fraction of sp³-hybridized carbons (Fsp3) is 0.357. The summed E-state index contributed by atoms with van der Waals surface area (Å²) in [4.78, 5) is 41.8. The zero-order valence-electron chi connectivity index (χ0n) is 13.1. The summed E-state index contributed by atoms with van der Waals surface area (Å²) in [6, 6.07) is 2.41. The van der Waals surface area contributed by atoms with Crippen LogP contribution in [0.15, 0.2) is 23.3 Å². The molecule has 0 spiro atoms. The van der Waals surface area contributed by atoms with Gasteiger partial charge in [0.05, 0.1) is 22.2 Å². The van der Waals surface area contributed by atoms with E-state index in [2.05, 4.69) is 9.97 Å². The maximum atomic E-state index is 12.1. The van der Waals surface area contributed by atoms with Gasteiger partial charge in [-0.3, -0.25) is 19.8 Å². The summed E-state index contributed by atoms with van der Waals surface area (Å²) in [5.41, 5.74) is -1.39. The number of aromatic amines is 1. The molecule has 1 heterocycles. The molecule has 1 amide bonds. The molecule has 9 nitrogen and oxygen atoms in total. The molecule has 9 heteroatoms. The van der Waals surface area contributed by atoms with Gasteiger partial charge in [0.15, 0.2) is 0 Å². The zero-order valence-corrected chi connectivity index (χ0v) is 13.1. The largest absolute Gasteiger partial charge is 0.443 e. The van der Waals surface area contributed by atoms with Gasteiger partial charge in [-0.1, -0.05) is 0 Å². The molecule has 2 aromatic rings. The number of benzene rings is 1. The Morgan fingerprint density at radius 3 is 2.61 bits per heavy atom. The summed E-state index contributed by atoms with van der Waals surface area (Å²) in [6.07, 6.45) is 0.443. The van der Waals surface area contributed by atoms with Crippen molar-refractivity contribution in [1.82, 2.24) is 9.97 Å². The number of anilines is 1. The van der Waals surface area contributed by atoms with Gasteiger partial charge in [0, 0.05) is 13.1 Å². The second-order valence-electron chi connectivity index (χ2n) is 5.89. The van der Waals surface area contributed by atoms with E-state index < -0.39 is 22.2 Å². The molecule has 0 aliphatic rings. The molecule has 0 atom stereocenters. The topological polar surface area (TPSA) is 118 Å². The van der Waals surface area contributed by atoms with Crippen LogP contribution in [0.1, 0.15) is 20.8 Å². The number of ether oxygens (including phenoxy) is 1. The normalized spacial score (nSPS) is 11.3. The van der Waals surface area contributed by atoms with Gasteiger partial charge < -0.3 is 9.72 Å². The van der Waals surface area contributed by atoms with E-state index in [1.807, 2.05) is 0 Å². The van der Waals surface area contributed by atoms with Crippen LogP contribution in [0.5, 0.6) is 0 Å². The molecule has 2 rings (SSSR count). The van der Waals surface area contributed by atoms with Crippen LogP contribution in [-0.4, -0.2) is 33.6 Å². The molecule has 0 aliphatic carbocycles. The van der Waals surface area contributed by atoms with Gasteiger partial charge in [-0.15, -0.1) is 0 Å². The summed E-state index contributed by atoms with van der Waals surface area (Å²) >= 11 is 0. The molecule has 0 unspecified atom stereocenters. The molecule has 0 saturated carbocycles. The van der Waals surface area contributed by atoms with Crippen LogP contribution >= 0.6 is 0 Å². The first kappa shape index (κ1) is 16.4. The molecule has 0 fully saturated rings. The van der Waals surface area contributed by atoms with Crippen LogP contribution in [0.25, 0.3) is 10.9 Å². The smallest absolute Gasteiger partial charge is 0.414 e. The van der Waals surface area contributed by atoms with E-state index in [9.17, 15) is 19.7 Å². The van der Waals surface area contributed by atoms with E-state index >= 15 is 0 Å². The minimum absolute atomic E-state index is 0.00477. The van der Waals surface area contributed by atoms with Crippen molar-refractivity contribution in [2.75, 3.05) is 11.9 Å². The Bertz CT molecular complexity index is 837. The molecule has 1 N–H and O–H groups in total. The van der Waals surface area contributed by atoms with Crippen LogP contribution in [0.3, 0.4) is 0 Å². The van der Waals surface area contributed by atoms with Crippen molar-refractivity contribution in [3.05, 3.63) is 38.9 Å². The van der Waals surface area contributed by atoms with Gasteiger partial charge in [-0.2, -0.15) is 0 Å². The highest BCUT2D eigenvalue weighted by atomic mass is 16.6. The van der Waals surface area contributed by atoms with Crippen molar-refractivity contribution in [3.63, 3.8) is 0 Å². The predicted octanol–water partition coefficient (Wildman–Crippen LogP) is 2.20. The number of nitrogens with one attached hydrogen (secondary N) is 1. The van der Waals surface area contributed by atoms with Crippen molar-refractivity contribution < 1.29 is 14.5 Å².